The predicted octanol–water partition coefficient (Wildman–Crippen LogP) is 3.92. The van der Waals surface area contributed by atoms with Crippen LogP contribution in [0.5, 0.6) is 0 Å². The molecule has 3 aromatic rings. The second-order valence-corrected chi connectivity index (χ2v) is 8.42. The molecule has 1 fully saturated rings. The van der Waals surface area contributed by atoms with Gasteiger partial charge in [0.1, 0.15) is 0 Å². The monoisotopic (exact) mass is 437 g/mol. The smallest absolute Gasteiger partial charge is 0.277 e. The molecule has 1 aliphatic heterocycles. The van der Waals surface area contributed by atoms with Crippen LogP contribution < -0.4 is 10.2 Å². The number of amides is 1. The van der Waals surface area contributed by atoms with Gasteiger partial charge in [-0.25, -0.2) is 0 Å². The first-order chi connectivity index (χ1) is 15.1. The Balaban J connectivity index is 1.27. The van der Waals surface area contributed by atoms with Crippen LogP contribution in [0.2, 0.25) is 0 Å². The van der Waals surface area contributed by atoms with E-state index in [0.29, 0.717) is 11.1 Å². The van der Waals surface area contributed by atoms with Crippen molar-refractivity contribution < 1.29 is 9.21 Å². The Morgan fingerprint density at radius 2 is 1.81 bits per heavy atom. The van der Waals surface area contributed by atoms with Gasteiger partial charge in [0.2, 0.25) is 11.8 Å². The predicted molar refractivity (Wildman–Crippen MR) is 125 cm³/mol. The fourth-order valence-corrected chi connectivity index (χ4v) is 4.16. The molecule has 2 heterocycles. The number of piperazine rings is 1. The number of hydrogen-bond donors (Lipinski definition) is 1. The highest BCUT2D eigenvalue weighted by molar-refractivity contribution is 7.99. The zero-order chi connectivity index (χ0) is 21.6. The molecule has 0 spiro atoms. The SMILES string of the molecule is CCN1CCN(c2ccc(NC(=O)CSc3nnc(-c4ccccc4C)o3)cc2)CC1. The molecule has 1 aliphatic rings. The van der Waals surface area contributed by atoms with Crippen LogP contribution in [0.1, 0.15) is 12.5 Å². The Hall–Kier alpha value is -2.84. The van der Waals surface area contributed by atoms with Crippen molar-refractivity contribution in [3.63, 3.8) is 0 Å². The maximum Gasteiger partial charge on any atom is 0.277 e. The van der Waals surface area contributed by atoms with Gasteiger partial charge in [0, 0.05) is 43.1 Å². The number of carbonyl (C=O) groups is 1. The molecule has 2 aromatic carbocycles. The molecular weight excluding hydrogens is 410 g/mol. The number of thioether (sulfide) groups is 1. The average Bonchev–Trinajstić information content (AvgIpc) is 3.27. The third-order valence-corrected chi connectivity index (χ3v) is 6.26. The summed E-state index contributed by atoms with van der Waals surface area (Å²) < 4.78 is 5.70. The van der Waals surface area contributed by atoms with Crippen molar-refractivity contribution in [3.05, 3.63) is 54.1 Å². The molecule has 8 heteroatoms. The Morgan fingerprint density at radius 3 is 2.52 bits per heavy atom. The van der Waals surface area contributed by atoms with Crippen LogP contribution in [0.15, 0.2) is 58.2 Å². The van der Waals surface area contributed by atoms with Gasteiger partial charge in [-0.15, -0.1) is 10.2 Å². The van der Waals surface area contributed by atoms with Crippen molar-refractivity contribution in [1.82, 2.24) is 15.1 Å². The van der Waals surface area contributed by atoms with Crippen LogP contribution in [-0.4, -0.2) is 59.5 Å². The number of aryl methyl sites for hydroxylation is 1. The first-order valence-electron chi connectivity index (χ1n) is 10.5. The zero-order valence-corrected chi connectivity index (χ0v) is 18.7. The standard InChI is InChI=1S/C23H27N5O2S/c1-3-27-12-14-28(15-13-27)19-10-8-18(9-11-19)24-21(29)16-31-23-26-25-22(30-23)20-7-5-4-6-17(20)2/h4-11H,3,12-16H2,1-2H3,(H,24,29). The van der Waals surface area contributed by atoms with Crippen molar-refractivity contribution in [2.45, 2.75) is 19.1 Å². The summed E-state index contributed by atoms with van der Waals surface area (Å²) >= 11 is 1.23. The molecule has 7 nitrogen and oxygen atoms in total. The van der Waals surface area contributed by atoms with Gasteiger partial charge in [-0.05, 0) is 49.4 Å². The number of hydrogen-bond acceptors (Lipinski definition) is 7. The number of benzene rings is 2. The second kappa shape index (κ2) is 9.98. The first-order valence-corrected chi connectivity index (χ1v) is 11.5. The van der Waals surface area contributed by atoms with Gasteiger partial charge in [-0.2, -0.15) is 0 Å². The number of carbonyl (C=O) groups excluding carboxylic acids is 1. The van der Waals surface area contributed by atoms with Gasteiger partial charge in [0.15, 0.2) is 0 Å². The van der Waals surface area contributed by atoms with E-state index in [1.54, 1.807) is 0 Å². The topological polar surface area (TPSA) is 74.5 Å². The largest absolute Gasteiger partial charge is 0.411 e. The van der Waals surface area contributed by atoms with Crippen molar-refractivity contribution in [3.8, 4) is 11.5 Å². The number of nitrogens with one attached hydrogen (secondary N) is 1. The van der Waals surface area contributed by atoms with Gasteiger partial charge < -0.3 is 19.5 Å². The second-order valence-electron chi connectivity index (χ2n) is 7.49. The van der Waals surface area contributed by atoms with Crippen molar-refractivity contribution in [2.24, 2.45) is 0 Å². The minimum Gasteiger partial charge on any atom is -0.411 e. The summed E-state index contributed by atoms with van der Waals surface area (Å²) in [5, 5.41) is 11.5. The highest BCUT2D eigenvalue weighted by atomic mass is 32.2. The van der Waals surface area contributed by atoms with Crippen molar-refractivity contribution in [1.29, 1.82) is 0 Å². The van der Waals surface area contributed by atoms with Crippen LogP contribution in [0.4, 0.5) is 11.4 Å². The number of rotatable bonds is 7. The summed E-state index contributed by atoms with van der Waals surface area (Å²) in [5.41, 5.74) is 3.95. The number of aromatic nitrogens is 2. The van der Waals surface area contributed by atoms with Gasteiger partial charge in [0.25, 0.3) is 5.22 Å². The highest BCUT2D eigenvalue weighted by Crippen LogP contribution is 2.26. The molecule has 0 aliphatic carbocycles. The molecule has 0 unspecified atom stereocenters. The molecule has 31 heavy (non-hydrogen) atoms. The quantitative estimate of drug-likeness (QED) is 0.562. The van der Waals surface area contributed by atoms with E-state index in [1.807, 2.05) is 43.3 Å². The van der Waals surface area contributed by atoms with E-state index in [2.05, 4.69) is 44.4 Å². The van der Waals surface area contributed by atoms with Crippen LogP contribution in [0.25, 0.3) is 11.5 Å². The Morgan fingerprint density at radius 1 is 1.06 bits per heavy atom. The number of nitrogens with zero attached hydrogens (tertiary/aromatic N) is 4. The molecule has 162 valence electrons. The van der Waals surface area contributed by atoms with Crippen LogP contribution in [-0.2, 0) is 4.79 Å². The Bertz CT molecular complexity index is 1010. The molecule has 0 atom stereocenters. The van der Waals surface area contributed by atoms with E-state index in [0.717, 1.165) is 49.5 Å². The summed E-state index contributed by atoms with van der Waals surface area (Å²) in [5.74, 6) is 0.567. The fraction of sp³-hybridized carbons (Fsp3) is 0.348. The van der Waals surface area contributed by atoms with Gasteiger partial charge in [-0.3, -0.25) is 4.79 Å². The summed E-state index contributed by atoms with van der Waals surface area (Å²) in [6.07, 6.45) is 0. The van der Waals surface area contributed by atoms with Crippen molar-refractivity contribution >= 4 is 29.0 Å². The lowest BCUT2D eigenvalue weighted by atomic mass is 10.1. The van der Waals surface area contributed by atoms with Gasteiger partial charge in [-0.1, -0.05) is 36.9 Å². The molecule has 1 amide bonds. The molecule has 0 bridgehead atoms. The molecule has 0 saturated carbocycles. The van der Waals surface area contributed by atoms with Crippen LogP contribution in [0, 0.1) is 6.92 Å². The minimum atomic E-state index is -0.107. The lowest BCUT2D eigenvalue weighted by molar-refractivity contribution is -0.113. The summed E-state index contributed by atoms with van der Waals surface area (Å²) in [6.45, 7) is 9.55. The van der Waals surface area contributed by atoms with Crippen LogP contribution >= 0.6 is 11.8 Å². The van der Waals surface area contributed by atoms with Gasteiger partial charge in [0.05, 0.1) is 5.75 Å². The van der Waals surface area contributed by atoms with E-state index in [4.69, 9.17) is 4.42 Å². The van der Waals surface area contributed by atoms with Gasteiger partial charge >= 0.3 is 0 Å². The molecule has 1 N–H and O–H groups in total. The summed E-state index contributed by atoms with van der Waals surface area (Å²) in [6, 6.07) is 15.9. The Labute approximate surface area is 186 Å². The maximum absolute atomic E-state index is 12.3. The highest BCUT2D eigenvalue weighted by Gasteiger charge is 2.16. The lowest BCUT2D eigenvalue weighted by Crippen LogP contribution is -2.46. The average molecular weight is 438 g/mol. The molecular formula is C23H27N5O2S. The minimum absolute atomic E-state index is 0.107. The van der Waals surface area contributed by atoms with Crippen molar-refractivity contribution in [2.75, 3.05) is 48.7 Å². The number of anilines is 2. The fourth-order valence-electron chi connectivity index (χ4n) is 3.59. The maximum atomic E-state index is 12.3. The third-order valence-electron chi connectivity index (χ3n) is 5.44. The molecule has 0 radical (unpaired) electrons. The Kier molecular flexibility index (Phi) is 6.89. The summed E-state index contributed by atoms with van der Waals surface area (Å²) in [4.78, 5) is 17.2. The number of likely N-dealkylation sites (N-methyl/N-ethyl adjacent to an activating group) is 1. The molecule has 1 saturated heterocycles. The van der Waals surface area contributed by atoms with E-state index in [9.17, 15) is 4.79 Å². The van der Waals surface area contributed by atoms with Crippen LogP contribution in [0.3, 0.4) is 0 Å². The van der Waals surface area contributed by atoms with E-state index in [-0.39, 0.29) is 11.7 Å². The van der Waals surface area contributed by atoms with E-state index in [1.165, 1.54) is 17.4 Å². The van der Waals surface area contributed by atoms with E-state index < -0.39 is 0 Å². The molecule has 4 rings (SSSR count). The lowest BCUT2D eigenvalue weighted by Gasteiger charge is -2.35. The summed E-state index contributed by atoms with van der Waals surface area (Å²) in [7, 11) is 0. The van der Waals surface area contributed by atoms with E-state index >= 15 is 0 Å². The molecule has 1 aromatic heterocycles. The zero-order valence-electron chi connectivity index (χ0n) is 17.9. The normalized spacial score (nSPS) is 14.6. The third kappa shape index (κ3) is 5.45. The first kappa shape index (κ1) is 21.4.